The Balaban J connectivity index is 1.46. The van der Waals surface area contributed by atoms with Gasteiger partial charge in [-0.1, -0.05) is 48.0 Å². The van der Waals surface area contributed by atoms with Gasteiger partial charge in [0, 0.05) is 29.2 Å². The van der Waals surface area contributed by atoms with Crippen molar-refractivity contribution in [2.45, 2.75) is 38.8 Å². The van der Waals surface area contributed by atoms with Crippen molar-refractivity contribution < 1.29 is 4.74 Å². The fraction of sp³-hybridized carbons (Fsp3) is 0.214. The average molecular weight is 452 g/mol. The first-order valence-electron chi connectivity index (χ1n) is 11.2. The standard InChI is InChI=1S/C28H22ClN3O/c1-17(14-30)26-21-12-9-18(13-20(21)16-33-25-8-3-2-5-22(25)26)15-32-24-7-4-6-23(29)27(24)31-28(32)19-10-11-19/h2-9,12-13,19H,10-11,15-16H2,1H3. The Labute approximate surface area is 197 Å². The molecular weight excluding hydrogens is 430 g/mol. The molecule has 4 nitrogen and oxygen atoms in total. The topological polar surface area (TPSA) is 50.8 Å². The van der Waals surface area contributed by atoms with Gasteiger partial charge in [0.05, 0.1) is 16.6 Å². The van der Waals surface area contributed by atoms with Crippen LogP contribution in [0.3, 0.4) is 0 Å². The van der Waals surface area contributed by atoms with Crippen molar-refractivity contribution in [2.75, 3.05) is 0 Å². The summed E-state index contributed by atoms with van der Waals surface area (Å²) >= 11 is 6.46. The molecule has 2 aliphatic rings. The summed E-state index contributed by atoms with van der Waals surface area (Å²) in [5.41, 5.74) is 7.88. The van der Waals surface area contributed by atoms with Gasteiger partial charge in [-0.2, -0.15) is 5.26 Å². The van der Waals surface area contributed by atoms with E-state index < -0.39 is 0 Å². The number of hydrogen-bond donors (Lipinski definition) is 0. The molecule has 1 aromatic heterocycles. The molecule has 0 radical (unpaired) electrons. The van der Waals surface area contributed by atoms with E-state index in [1.165, 1.54) is 18.4 Å². The number of rotatable bonds is 3. The summed E-state index contributed by atoms with van der Waals surface area (Å²) < 4.78 is 8.48. The largest absolute Gasteiger partial charge is 0.488 e. The molecule has 0 unspecified atom stereocenters. The zero-order valence-electron chi connectivity index (χ0n) is 18.3. The van der Waals surface area contributed by atoms with Gasteiger partial charge in [-0.15, -0.1) is 0 Å². The summed E-state index contributed by atoms with van der Waals surface area (Å²) in [6.07, 6.45) is 2.36. The van der Waals surface area contributed by atoms with Crippen LogP contribution in [0.25, 0.3) is 16.6 Å². The summed E-state index contributed by atoms with van der Waals surface area (Å²) in [6.45, 7) is 3.06. The van der Waals surface area contributed by atoms with Crippen LogP contribution in [0.1, 0.15) is 53.8 Å². The van der Waals surface area contributed by atoms with E-state index in [2.05, 4.69) is 34.9 Å². The molecule has 2 heterocycles. The lowest BCUT2D eigenvalue weighted by molar-refractivity contribution is 0.307. The van der Waals surface area contributed by atoms with Crippen LogP contribution in [0.5, 0.6) is 5.75 Å². The Hall–Kier alpha value is -3.55. The Bertz CT molecular complexity index is 1490. The molecule has 0 spiro atoms. The van der Waals surface area contributed by atoms with Crippen LogP contribution in [-0.2, 0) is 13.2 Å². The number of imidazole rings is 1. The number of nitrogens with zero attached hydrogens (tertiary/aromatic N) is 3. The molecule has 6 rings (SSSR count). The van der Waals surface area contributed by atoms with E-state index in [1.807, 2.05) is 43.3 Å². The Morgan fingerprint density at radius 2 is 1.97 bits per heavy atom. The lowest BCUT2D eigenvalue weighted by Crippen LogP contribution is -2.06. The zero-order chi connectivity index (χ0) is 22.5. The number of nitriles is 1. The Kier molecular flexibility index (Phi) is 4.74. The van der Waals surface area contributed by atoms with E-state index in [4.69, 9.17) is 21.3 Å². The SMILES string of the molecule is CC(C#N)=C1c2ccc(Cn3c(C4CC4)nc4c(Cl)cccc43)cc2COc2ccccc21. The Morgan fingerprint density at radius 1 is 1.12 bits per heavy atom. The molecule has 33 heavy (non-hydrogen) atoms. The monoisotopic (exact) mass is 451 g/mol. The molecule has 0 amide bonds. The van der Waals surface area contributed by atoms with Crippen molar-refractivity contribution in [1.29, 1.82) is 5.26 Å². The predicted octanol–water partition coefficient (Wildman–Crippen LogP) is 6.85. The molecule has 0 saturated heterocycles. The highest BCUT2D eigenvalue weighted by Crippen LogP contribution is 2.42. The molecule has 1 aliphatic carbocycles. The molecule has 3 aromatic carbocycles. The van der Waals surface area contributed by atoms with Crippen LogP contribution >= 0.6 is 11.6 Å². The van der Waals surface area contributed by atoms with E-state index >= 15 is 0 Å². The molecule has 0 bridgehead atoms. The third-order valence-corrected chi connectivity index (χ3v) is 6.87. The fourth-order valence-electron chi connectivity index (χ4n) is 4.80. The molecule has 1 aliphatic heterocycles. The summed E-state index contributed by atoms with van der Waals surface area (Å²) in [6, 6.07) is 22.8. The van der Waals surface area contributed by atoms with Crippen molar-refractivity contribution in [3.05, 3.63) is 99.3 Å². The highest BCUT2D eigenvalue weighted by molar-refractivity contribution is 6.34. The minimum Gasteiger partial charge on any atom is -0.488 e. The van der Waals surface area contributed by atoms with Gasteiger partial charge >= 0.3 is 0 Å². The minimum absolute atomic E-state index is 0.467. The van der Waals surface area contributed by atoms with Gasteiger partial charge in [-0.05, 0) is 60.7 Å². The number of aromatic nitrogens is 2. The molecule has 1 saturated carbocycles. The molecule has 162 valence electrons. The molecule has 0 atom stereocenters. The van der Waals surface area contributed by atoms with Crippen LogP contribution in [0, 0.1) is 11.3 Å². The molecular formula is C28H22ClN3O. The van der Waals surface area contributed by atoms with Crippen LogP contribution in [0.15, 0.2) is 66.2 Å². The van der Waals surface area contributed by atoms with Crippen LogP contribution < -0.4 is 4.74 Å². The van der Waals surface area contributed by atoms with Crippen molar-refractivity contribution in [3.63, 3.8) is 0 Å². The van der Waals surface area contributed by atoms with Crippen LogP contribution in [0.4, 0.5) is 0 Å². The minimum atomic E-state index is 0.467. The molecule has 4 aromatic rings. The maximum absolute atomic E-state index is 9.70. The number of para-hydroxylation sites is 2. The number of benzene rings is 3. The lowest BCUT2D eigenvalue weighted by Gasteiger charge is -2.14. The van der Waals surface area contributed by atoms with E-state index in [1.54, 1.807) is 0 Å². The molecule has 1 fully saturated rings. The maximum atomic E-state index is 9.70. The third kappa shape index (κ3) is 3.41. The molecule has 0 N–H and O–H groups in total. The maximum Gasteiger partial charge on any atom is 0.127 e. The number of ether oxygens (including phenoxy) is 1. The van der Waals surface area contributed by atoms with Gasteiger partial charge in [0.25, 0.3) is 0 Å². The summed E-state index contributed by atoms with van der Waals surface area (Å²) in [7, 11) is 0. The van der Waals surface area contributed by atoms with Crippen molar-refractivity contribution in [2.24, 2.45) is 0 Å². The van der Waals surface area contributed by atoms with E-state index in [0.717, 1.165) is 51.4 Å². The number of allylic oxidation sites excluding steroid dienone is 1. The second kappa shape index (κ2) is 7.79. The zero-order valence-corrected chi connectivity index (χ0v) is 19.1. The summed E-state index contributed by atoms with van der Waals surface area (Å²) in [5.74, 6) is 2.45. The molecule has 5 heteroatoms. The second-order valence-electron chi connectivity index (χ2n) is 8.83. The van der Waals surface area contributed by atoms with Gasteiger partial charge in [0.1, 0.15) is 23.7 Å². The summed E-state index contributed by atoms with van der Waals surface area (Å²) in [4.78, 5) is 4.91. The van der Waals surface area contributed by atoms with Gasteiger partial charge in [0.15, 0.2) is 0 Å². The highest BCUT2D eigenvalue weighted by atomic mass is 35.5. The lowest BCUT2D eigenvalue weighted by atomic mass is 9.90. The van der Waals surface area contributed by atoms with Crippen molar-refractivity contribution in [3.8, 4) is 11.8 Å². The van der Waals surface area contributed by atoms with Crippen molar-refractivity contribution in [1.82, 2.24) is 9.55 Å². The summed E-state index contributed by atoms with van der Waals surface area (Å²) in [5, 5.41) is 10.4. The van der Waals surface area contributed by atoms with E-state index in [9.17, 15) is 5.26 Å². The first-order chi connectivity index (χ1) is 16.1. The first kappa shape index (κ1) is 20.1. The average Bonchev–Trinajstić information content (AvgIpc) is 3.63. The quantitative estimate of drug-likeness (QED) is 0.320. The first-order valence-corrected chi connectivity index (χ1v) is 11.6. The van der Waals surface area contributed by atoms with Gasteiger partial charge < -0.3 is 9.30 Å². The normalized spacial score (nSPS) is 16.4. The predicted molar refractivity (Wildman–Crippen MR) is 130 cm³/mol. The second-order valence-corrected chi connectivity index (χ2v) is 9.23. The van der Waals surface area contributed by atoms with Gasteiger partial charge in [-0.25, -0.2) is 4.98 Å². The van der Waals surface area contributed by atoms with E-state index in [0.29, 0.717) is 23.1 Å². The number of halogens is 1. The van der Waals surface area contributed by atoms with Gasteiger partial charge in [0.2, 0.25) is 0 Å². The smallest absolute Gasteiger partial charge is 0.127 e. The number of hydrogen-bond acceptors (Lipinski definition) is 3. The fourth-order valence-corrected chi connectivity index (χ4v) is 5.01. The van der Waals surface area contributed by atoms with Crippen LogP contribution in [0.2, 0.25) is 5.02 Å². The van der Waals surface area contributed by atoms with Gasteiger partial charge in [-0.3, -0.25) is 0 Å². The highest BCUT2D eigenvalue weighted by Gasteiger charge is 2.30. The number of fused-ring (bicyclic) bond motifs is 3. The van der Waals surface area contributed by atoms with Crippen molar-refractivity contribution >= 4 is 28.2 Å². The van der Waals surface area contributed by atoms with Crippen LogP contribution in [-0.4, -0.2) is 9.55 Å². The van der Waals surface area contributed by atoms with E-state index in [-0.39, 0.29) is 0 Å². The third-order valence-electron chi connectivity index (χ3n) is 6.56. The Morgan fingerprint density at radius 3 is 2.79 bits per heavy atom.